The fraction of sp³-hybridized carbons (Fsp3) is 0.364. The number of hydrogen-bond donors (Lipinski definition) is 0. The van der Waals surface area contributed by atoms with Crippen LogP contribution >= 0.6 is 0 Å². The number of aromatic nitrogens is 4. The Labute approximate surface area is 109 Å². The van der Waals surface area contributed by atoms with Gasteiger partial charge in [0.1, 0.15) is 12.7 Å². The lowest BCUT2D eigenvalue weighted by Gasteiger charge is -2.18. The molecule has 8 nitrogen and oxygen atoms in total. The van der Waals surface area contributed by atoms with E-state index in [1.165, 1.54) is 0 Å². The highest BCUT2D eigenvalue weighted by Gasteiger charge is 2.21. The first-order valence-electron chi connectivity index (χ1n) is 5.73. The molecule has 0 fully saturated rings. The lowest BCUT2D eigenvalue weighted by molar-refractivity contribution is -0.384. The van der Waals surface area contributed by atoms with E-state index in [0.717, 1.165) is 0 Å². The summed E-state index contributed by atoms with van der Waals surface area (Å²) in [6.07, 6.45) is 4.78. The van der Waals surface area contributed by atoms with Gasteiger partial charge >= 0.3 is 5.69 Å². The Morgan fingerprint density at radius 2 is 2.11 bits per heavy atom. The maximum Gasteiger partial charge on any atom is 0.314 e. The summed E-state index contributed by atoms with van der Waals surface area (Å²) in [6, 6.07) is 1.63. The van der Waals surface area contributed by atoms with Crippen LogP contribution in [0.1, 0.15) is 5.56 Å². The molecular formula is C11H14N6O2. The van der Waals surface area contributed by atoms with Crippen LogP contribution < -0.4 is 4.90 Å². The summed E-state index contributed by atoms with van der Waals surface area (Å²) in [4.78, 5) is 16.6. The van der Waals surface area contributed by atoms with Gasteiger partial charge in [0.05, 0.1) is 4.92 Å². The third kappa shape index (κ3) is 2.84. The second kappa shape index (κ2) is 5.42. The van der Waals surface area contributed by atoms with E-state index in [1.54, 1.807) is 48.4 Å². The smallest absolute Gasteiger partial charge is 0.314 e. The van der Waals surface area contributed by atoms with Gasteiger partial charge < -0.3 is 9.47 Å². The maximum atomic E-state index is 11.1. The van der Waals surface area contributed by atoms with Crippen molar-refractivity contribution in [3.63, 3.8) is 0 Å². The quantitative estimate of drug-likeness (QED) is 0.590. The van der Waals surface area contributed by atoms with E-state index >= 15 is 0 Å². The van der Waals surface area contributed by atoms with Crippen molar-refractivity contribution in [1.29, 1.82) is 0 Å². The summed E-state index contributed by atoms with van der Waals surface area (Å²) < 4.78 is 1.80. The molecule has 0 atom stereocenters. The standard InChI is InChI=1S/C11H14N6O2/c1-9-3-4-12-11(10(9)17(18)19)15(2)5-6-16-7-13-14-8-16/h3-4,7-8H,5-6H2,1-2H3. The lowest BCUT2D eigenvalue weighted by Crippen LogP contribution is -2.24. The van der Waals surface area contributed by atoms with Gasteiger partial charge in [-0.05, 0) is 13.0 Å². The molecule has 19 heavy (non-hydrogen) atoms. The zero-order chi connectivity index (χ0) is 13.8. The molecule has 2 aromatic heterocycles. The molecule has 0 aromatic carbocycles. The number of pyridine rings is 1. The molecule has 0 spiro atoms. The van der Waals surface area contributed by atoms with E-state index in [0.29, 0.717) is 24.5 Å². The van der Waals surface area contributed by atoms with E-state index < -0.39 is 4.92 Å². The van der Waals surface area contributed by atoms with E-state index in [1.807, 2.05) is 0 Å². The Morgan fingerprint density at radius 1 is 1.42 bits per heavy atom. The van der Waals surface area contributed by atoms with E-state index in [-0.39, 0.29) is 5.69 Å². The molecule has 2 aromatic rings. The van der Waals surface area contributed by atoms with Crippen LogP contribution in [-0.4, -0.2) is 38.3 Å². The number of aryl methyl sites for hydroxylation is 1. The van der Waals surface area contributed by atoms with Gasteiger partial charge in [-0.15, -0.1) is 10.2 Å². The molecule has 0 aliphatic rings. The molecular weight excluding hydrogens is 248 g/mol. The molecule has 0 unspecified atom stereocenters. The minimum atomic E-state index is -0.396. The van der Waals surface area contributed by atoms with Crippen LogP contribution in [0.4, 0.5) is 11.5 Å². The largest absolute Gasteiger partial charge is 0.352 e. The molecule has 2 heterocycles. The van der Waals surface area contributed by atoms with Crippen molar-refractivity contribution >= 4 is 11.5 Å². The summed E-state index contributed by atoms with van der Waals surface area (Å²) in [6.45, 7) is 2.92. The minimum Gasteiger partial charge on any atom is -0.352 e. The molecule has 0 aliphatic heterocycles. The van der Waals surface area contributed by atoms with E-state index in [2.05, 4.69) is 15.2 Å². The zero-order valence-electron chi connectivity index (χ0n) is 10.7. The minimum absolute atomic E-state index is 0.0498. The van der Waals surface area contributed by atoms with Crippen molar-refractivity contribution in [3.05, 3.63) is 40.6 Å². The van der Waals surface area contributed by atoms with Crippen molar-refractivity contribution in [2.45, 2.75) is 13.5 Å². The van der Waals surface area contributed by atoms with E-state index in [4.69, 9.17) is 0 Å². The molecule has 8 heteroatoms. The predicted octanol–water partition coefficient (Wildman–Crippen LogP) is 1.03. The lowest BCUT2D eigenvalue weighted by atomic mass is 10.2. The maximum absolute atomic E-state index is 11.1. The van der Waals surface area contributed by atoms with Crippen LogP contribution in [0.25, 0.3) is 0 Å². The molecule has 0 bridgehead atoms. The summed E-state index contributed by atoms with van der Waals surface area (Å²) in [5, 5.41) is 18.5. The van der Waals surface area contributed by atoms with Gasteiger partial charge in [-0.2, -0.15) is 0 Å². The Hall–Kier alpha value is -2.51. The third-order valence-corrected chi connectivity index (χ3v) is 2.81. The van der Waals surface area contributed by atoms with Crippen molar-refractivity contribution < 1.29 is 4.92 Å². The number of likely N-dealkylation sites (N-methyl/N-ethyl adjacent to an activating group) is 1. The highest BCUT2D eigenvalue weighted by atomic mass is 16.6. The Kier molecular flexibility index (Phi) is 3.69. The van der Waals surface area contributed by atoms with Crippen molar-refractivity contribution in [2.75, 3.05) is 18.5 Å². The van der Waals surface area contributed by atoms with Crippen LogP contribution in [0.3, 0.4) is 0 Å². The van der Waals surface area contributed by atoms with Crippen LogP contribution in [0, 0.1) is 17.0 Å². The van der Waals surface area contributed by atoms with Gasteiger partial charge in [0.25, 0.3) is 0 Å². The second-order valence-electron chi connectivity index (χ2n) is 4.18. The Balaban J connectivity index is 2.16. The SMILES string of the molecule is Cc1ccnc(N(C)CCn2cnnc2)c1[N+](=O)[O-]. The van der Waals surface area contributed by atoms with Crippen LogP contribution in [0.2, 0.25) is 0 Å². The highest BCUT2D eigenvalue weighted by Crippen LogP contribution is 2.27. The van der Waals surface area contributed by atoms with Crippen LogP contribution in [-0.2, 0) is 6.54 Å². The summed E-state index contributed by atoms with van der Waals surface area (Å²) >= 11 is 0. The van der Waals surface area contributed by atoms with Crippen LogP contribution in [0.5, 0.6) is 0 Å². The first-order chi connectivity index (χ1) is 9.09. The molecule has 0 N–H and O–H groups in total. The van der Waals surface area contributed by atoms with Crippen LogP contribution in [0.15, 0.2) is 24.9 Å². The van der Waals surface area contributed by atoms with Crippen molar-refractivity contribution in [1.82, 2.24) is 19.7 Å². The van der Waals surface area contributed by atoms with Gasteiger partial charge in [-0.1, -0.05) is 0 Å². The molecule has 0 saturated heterocycles. The average Bonchev–Trinajstić information content (AvgIpc) is 2.88. The predicted molar refractivity (Wildman–Crippen MR) is 68.9 cm³/mol. The average molecular weight is 262 g/mol. The fourth-order valence-electron chi connectivity index (χ4n) is 1.75. The third-order valence-electron chi connectivity index (χ3n) is 2.81. The molecule has 0 radical (unpaired) electrons. The molecule has 0 saturated carbocycles. The van der Waals surface area contributed by atoms with Gasteiger partial charge in [0.15, 0.2) is 0 Å². The van der Waals surface area contributed by atoms with Gasteiger partial charge in [0.2, 0.25) is 5.82 Å². The van der Waals surface area contributed by atoms with Crippen molar-refractivity contribution in [2.24, 2.45) is 0 Å². The first-order valence-corrected chi connectivity index (χ1v) is 5.73. The topological polar surface area (TPSA) is 90.0 Å². The summed E-state index contributed by atoms with van der Waals surface area (Å²) in [5.74, 6) is 0.373. The van der Waals surface area contributed by atoms with Gasteiger partial charge in [0, 0.05) is 31.9 Å². The first kappa shape index (κ1) is 12.9. The van der Waals surface area contributed by atoms with Crippen molar-refractivity contribution in [3.8, 4) is 0 Å². The normalized spacial score (nSPS) is 10.4. The zero-order valence-corrected chi connectivity index (χ0v) is 10.7. The highest BCUT2D eigenvalue weighted by molar-refractivity contribution is 5.60. The Morgan fingerprint density at radius 3 is 2.74 bits per heavy atom. The number of hydrogen-bond acceptors (Lipinski definition) is 6. The molecule has 100 valence electrons. The number of anilines is 1. The molecule has 0 amide bonds. The Bertz CT molecular complexity index is 569. The summed E-state index contributed by atoms with van der Waals surface area (Å²) in [7, 11) is 1.78. The number of rotatable bonds is 5. The monoisotopic (exact) mass is 262 g/mol. The number of nitro groups is 1. The van der Waals surface area contributed by atoms with Gasteiger partial charge in [-0.25, -0.2) is 4.98 Å². The second-order valence-corrected chi connectivity index (χ2v) is 4.18. The summed E-state index contributed by atoms with van der Waals surface area (Å²) in [5.41, 5.74) is 0.653. The van der Waals surface area contributed by atoms with Gasteiger partial charge in [-0.3, -0.25) is 10.1 Å². The molecule has 2 rings (SSSR count). The van der Waals surface area contributed by atoms with E-state index in [9.17, 15) is 10.1 Å². The molecule has 0 aliphatic carbocycles. The fourth-order valence-corrected chi connectivity index (χ4v) is 1.75. The number of nitrogens with zero attached hydrogens (tertiary/aromatic N) is 6.